The van der Waals surface area contributed by atoms with E-state index < -0.39 is 43.4 Å². The second-order valence-electron chi connectivity index (χ2n) is 13.8. The fourth-order valence-corrected chi connectivity index (χ4v) is 7.01. The molecule has 6 rings (SSSR count). The Kier molecular flexibility index (Phi) is 14.5. The van der Waals surface area contributed by atoms with Crippen LogP contribution >= 0.6 is 12.2 Å². The van der Waals surface area contributed by atoms with E-state index in [-0.39, 0.29) is 106 Å². The number of alkyl halides is 2. The summed E-state index contributed by atoms with van der Waals surface area (Å²) in [6, 6.07) is 16.7. The molecular formula is C41H45F2N5O9S. The first-order valence-corrected chi connectivity index (χ1v) is 19.3. The first-order valence-electron chi connectivity index (χ1n) is 18.9. The fourth-order valence-electron chi connectivity index (χ4n) is 6.88. The van der Waals surface area contributed by atoms with Crippen molar-refractivity contribution in [2.45, 2.75) is 38.1 Å². The predicted octanol–water partition coefficient (Wildman–Crippen LogP) is 4.15. The van der Waals surface area contributed by atoms with Crippen LogP contribution in [0.2, 0.25) is 0 Å². The van der Waals surface area contributed by atoms with E-state index >= 15 is 0 Å². The highest BCUT2D eigenvalue weighted by atomic mass is 32.1. The van der Waals surface area contributed by atoms with Gasteiger partial charge in [-0.05, 0) is 42.3 Å². The molecule has 14 nitrogen and oxygen atoms in total. The van der Waals surface area contributed by atoms with E-state index in [1.54, 1.807) is 28.8 Å². The number of aromatic nitrogens is 1. The van der Waals surface area contributed by atoms with E-state index in [0.717, 1.165) is 21.4 Å². The number of thiocarbonyl (C=S) groups is 1. The summed E-state index contributed by atoms with van der Waals surface area (Å²) >= 11 is 5.14. The molecule has 1 fully saturated rings. The molecule has 0 aliphatic carbocycles. The molecule has 0 bridgehead atoms. The first-order chi connectivity index (χ1) is 28.1. The molecule has 1 aromatic heterocycles. The number of ether oxygens (including phenoxy) is 4. The number of amides is 4. The van der Waals surface area contributed by atoms with Crippen LogP contribution in [0.5, 0.6) is 5.75 Å². The standard InChI is InChI=1S/C41H45F2N5O9S/c42-21-25(22-43)23-47-24-31(26-3-1-4-27(19-26)38(44)58)29-8-7-28(20-33(29)47)45-36(50)11-12-54-13-14-55-15-16-56-17-18-57-34-6-2-5-30-37(34)41(53)48(40(30)52)32-9-10-35(49)46-39(32)51/h1-8,19-20,24-25,32,39,51H,9-18,21-23H2,(H2,44,58)(H,45,50)(H,46,49). The smallest absolute Gasteiger partial charge is 0.265 e. The third-order valence-corrected chi connectivity index (χ3v) is 10.0. The lowest BCUT2D eigenvalue weighted by atomic mass is 10.0. The van der Waals surface area contributed by atoms with Crippen molar-refractivity contribution in [3.63, 3.8) is 0 Å². The number of hydrogen-bond donors (Lipinski definition) is 4. The van der Waals surface area contributed by atoms with Crippen LogP contribution in [0.3, 0.4) is 0 Å². The maximum Gasteiger partial charge on any atom is 0.265 e. The summed E-state index contributed by atoms with van der Waals surface area (Å²) in [4.78, 5) is 51.8. The van der Waals surface area contributed by atoms with Gasteiger partial charge in [0.15, 0.2) is 0 Å². The summed E-state index contributed by atoms with van der Waals surface area (Å²) in [6.45, 7) is 0.0315. The molecule has 1 saturated heterocycles. The van der Waals surface area contributed by atoms with Gasteiger partial charge in [-0.2, -0.15) is 0 Å². The van der Waals surface area contributed by atoms with Gasteiger partial charge in [0.1, 0.15) is 23.6 Å². The fraction of sp³-hybridized carbons (Fsp3) is 0.390. The van der Waals surface area contributed by atoms with Gasteiger partial charge >= 0.3 is 0 Å². The Morgan fingerprint density at radius 2 is 1.62 bits per heavy atom. The van der Waals surface area contributed by atoms with Crippen molar-refractivity contribution in [1.29, 1.82) is 0 Å². The molecule has 308 valence electrons. The third kappa shape index (κ3) is 10.0. The molecule has 3 heterocycles. The quantitative estimate of drug-likeness (QED) is 0.0539. The molecule has 4 aromatic rings. The molecule has 5 N–H and O–H groups in total. The highest BCUT2D eigenvalue weighted by Gasteiger charge is 2.45. The maximum atomic E-state index is 13.5. The number of nitrogens with two attached hydrogens (primary N) is 1. The van der Waals surface area contributed by atoms with E-state index in [0.29, 0.717) is 16.8 Å². The van der Waals surface area contributed by atoms with Gasteiger partial charge in [-0.1, -0.05) is 42.5 Å². The maximum absolute atomic E-state index is 13.5. The molecular weight excluding hydrogens is 777 g/mol. The van der Waals surface area contributed by atoms with Crippen LogP contribution in [0, 0.1) is 5.92 Å². The summed E-state index contributed by atoms with van der Waals surface area (Å²) in [5, 5.41) is 16.4. The lowest BCUT2D eigenvalue weighted by Gasteiger charge is -2.33. The number of imide groups is 1. The van der Waals surface area contributed by atoms with Crippen LogP contribution in [0.1, 0.15) is 45.5 Å². The van der Waals surface area contributed by atoms with Crippen molar-refractivity contribution in [3.05, 3.63) is 83.6 Å². The Balaban J connectivity index is 0.882. The van der Waals surface area contributed by atoms with Crippen LogP contribution in [0.25, 0.3) is 22.0 Å². The summed E-state index contributed by atoms with van der Waals surface area (Å²) in [7, 11) is 0. The summed E-state index contributed by atoms with van der Waals surface area (Å²) < 4.78 is 51.3. The number of piperidine rings is 1. The minimum atomic E-state index is -1.35. The zero-order valence-electron chi connectivity index (χ0n) is 31.6. The van der Waals surface area contributed by atoms with Crippen LogP contribution < -0.4 is 21.1 Å². The zero-order valence-corrected chi connectivity index (χ0v) is 32.4. The molecule has 0 radical (unpaired) electrons. The molecule has 0 spiro atoms. The van der Waals surface area contributed by atoms with Crippen molar-refractivity contribution in [3.8, 4) is 16.9 Å². The molecule has 2 aliphatic heterocycles. The van der Waals surface area contributed by atoms with Crippen LogP contribution in [-0.2, 0) is 30.3 Å². The van der Waals surface area contributed by atoms with Crippen molar-refractivity contribution < 1.29 is 52.0 Å². The lowest BCUT2D eigenvalue weighted by Crippen LogP contribution is -2.57. The highest BCUT2D eigenvalue weighted by Crippen LogP contribution is 2.35. The number of carbonyl (C=O) groups excluding carboxylic acids is 4. The van der Waals surface area contributed by atoms with Crippen molar-refractivity contribution in [2.24, 2.45) is 11.7 Å². The SMILES string of the molecule is NC(=S)c1cccc(-c2cn(CC(CF)CF)c3cc(NC(=O)CCOCCOCCOCCOc4cccc5c4C(=O)N(C4CCC(=O)NC4O)C5=O)ccc23)c1. The van der Waals surface area contributed by atoms with Gasteiger partial charge in [0, 0.05) is 47.3 Å². The Hall–Kier alpha value is -5.33. The number of rotatable bonds is 21. The second-order valence-corrected chi connectivity index (χ2v) is 14.2. The van der Waals surface area contributed by atoms with E-state index in [2.05, 4.69) is 10.6 Å². The van der Waals surface area contributed by atoms with Crippen LogP contribution in [-0.4, -0.2) is 115 Å². The number of hydrogen-bond acceptors (Lipinski definition) is 10. The Labute approximate surface area is 338 Å². The topological polar surface area (TPSA) is 184 Å². The molecule has 2 unspecified atom stereocenters. The van der Waals surface area contributed by atoms with Crippen molar-refractivity contribution >= 4 is 57.4 Å². The number of benzene rings is 3. The normalized spacial score (nSPS) is 16.6. The average molecular weight is 822 g/mol. The molecule has 3 aromatic carbocycles. The number of anilines is 1. The number of nitrogens with one attached hydrogen (secondary N) is 2. The number of aliphatic hydroxyl groups excluding tert-OH is 1. The number of fused-ring (bicyclic) bond motifs is 2. The average Bonchev–Trinajstić information content (AvgIpc) is 3.70. The van der Waals surface area contributed by atoms with E-state index in [1.807, 2.05) is 36.5 Å². The van der Waals surface area contributed by atoms with Gasteiger partial charge in [0.25, 0.3) is 11.8 Å². The largest absolute Gasteiger partial charge is 0.490 e. The Morgan fingerprint density at radius 3 is 2.33 bits per heavy atom. The van der Waals surface area contributed by atoms with Crippen molar-refractivity contribution in [2.75, 3.05) is 64.9 Å². The Bertz CT molecular complexity index is 2150. The number of carbonyl (C=O) groups is 4. The number of halogens is 2. The molecule has 2 atom stereocenters. The second kappa shape index (κ2) is 19.9. The van der Waals surface area contributed by atoms with Gasteiger partial charge < -0.3 is 45.0 Å². The molecule has 2 aliphatic rings. The third-order valence-electron chi connectivity index (χ3n) is 9.80. The van der Waals surface area contributed by atoms with Gasteiger partial charge in [-0.15, -0.1) is 0 Å². The van der Waals surface area contributed by atoms with E-state index in [1.165, 1.54) is 6.07 Å². The molecule has 4 amide bonds. The van der Waals surface area contributed by atoms with Gasteiger partial charge in [0.05, 0.1) is 82.1 Å². The summed E-state index contributed by atoms with van der Waals surface area (Å²) in [6.07, 6.45) is 0.836. The van der Waals surface area contributed by atoms with Gasteiger partial charge in [0.2, 0.25) is 11.8 Å². The van der Waals surface area contributed by atoms with E-state index in [4.69, 9.17) is 36.9 Å². The lowest BCUT2D eigenvalue weighted by molar-refractivity contribution is -0.129. The van der Waals surface area contributed by atoms with Crippen LogP contribution in [0.15, 0.2) is 66.9 Å². The van der Waals surface area contributed by atoms with Crippen LogP contribution in [0.4, 0.5) is 14.5 Å². The monoisotopic (exact) mass is 821 g/mol. The minimum Gasteiger partial charge on any atom is -0.490 e. The molecule has 17 heteroatoms. The summed E-state index contributed by atoms with van der Waals surface area (Å²) in [5.41, 5.74) is 9.74. The van der Waals surface area contributed by atoms with Crippen molar-refractivity contribution in [1.82, 2.24) is 14.8 Å². The predicted molar refractivity (Wildman–Crippen MR) is 214 cm³/mol. The minimum absolute atomic E-state index is 0.0878. The Morgan fingerprint density at radius 1 is 0.914 bits per heavy atom. The van der Waals surface area contributed by atoms with E-state index in [9.17, 15) is 33.1 Å². The summed E-state index contributed by atoms with van der Waals surface area (Å²) in [5.74, 6) is -2.35. The highest BCUT2D eigenvalue weighted by molar-refractivity contribution is 7.80. The first kappa shape index (κ1) is 42.3. The van der Waals surface area contributed by atoms with Gasteiger partial charge in [-0.25, -0.2) is 0 Å². The number of nitrogens with zero attached hydrogens (tertiary/aromatic N) is 2. The van der Waals surface area contributed by atoms with Gasteiger partial charge in [-0.3, -0.25) is 32.9 Å². The molecule has 58 heavy (non-hydrogen) atoms. The molecule has 0 saturated carbocycles. The zero-order chi connectivity index (χ0) is 41.2. The number of aliphatic hydroxyl groups is 1.